The molecular weight excluding hydrogens is 304 g/mol. The molecule has 1 unspecified atom stereocenters. The standard InChI is InChI=1S/C14H28N4O3S/c1-14(2)11-18(6-8-22(14,19)20)13(15-3)16-9-12-10-17(4)5-7-21-12/h12H,5-11H2,1-4H3,(H,15,16). The highest BCUT2D eigenvalue weighted by Gasteiger charge is 2.41. The van der Waals surface area contributed by atoms with Crippen LogP contribution in [0.5, 0.6) is 0 Å². The Bertz CT molecular complexity index is 518. The van der Waals surface area contributed by atoms with E-state index >= 15 is 0 Å². The average Bonchev–Trinajstić information content (AvgIpc) is 2.43. The molecule has 0 aromatic heterocycles. The minimum Gasteiger partial charge on any atom is -0.374 e. The van der Waals surface area contributed by atoms with E-state index in [9.17, 15) is 8.42 Å². The average molecular weight is 332 g/mol. The summed E-state index contributed by atoms with van der Waals surface area (Å²) in [6.07, 6.45) is 0.136. The van der Waals surface area contributed by atoms with Gasteiger partial charge in [-0.2, -0.15) is 0 Å². The second kappa shape index (κ2) is 6.72. The van der Waals surface area contributed by atoms with Crippen molar-refractivity contribution in [3.05, 3.63) is 0 Å². The fraction of sp³-hybridized carbons (Fsp3) is 0.929. The maximum atomic E-state index is 12.1. The minimum absolute atomic E-state index is 0.136. The molecule has 0 aliphatic carbocycles. The smallest absolute Gasteiger partial charge is 0.193 e. The lowest BCUT2D eigenvalue weighted by Crippen LogP contribution is -2.58. The molecule has 0 spiro atoms. The topological polar surface area (TPSA) is 74.2 Å². The van der Waals surface area contributed by atoms with Gasteiger partial charge in [-0.15, -0.1) is 0 Å². The Morgan fingerprint density at radius 3 is 2.73 bits per heavy atom. The second-order valence-electron chi connectivity index (χ2n) is 6.68. The first-order valence-corrected chi connectivity index (χ1v) is 9.38. The van der Waals surface area contributed by atoms with E-state index in [0.717, 1.165) is 25.7 Å². The van der Waals surface area contributed by atoms with Gasteiger partial charge in [0, 0.05) is 39.8 Å². The van der Waals surface area contributed by atoms with Gasteiger partial charge in [0.25, 0.3) is 0 Å². The Labute approximate surface area is 133 Å². The number of ether oxygens (including phenoxy) is 1. The SMILES string of the molecule is CN=C(NCC1CN(C)CCO1)N1CCS(=O)(=O)C(C)(C)C1. The monoisotopic (exact) mass is 332 g/mol. The Balaban J connectivity index is 1.92. The van der Waals surface area contributed by atoms with Crippen LogP contribution in [0.15, 0.2) is 4.99 Å². The summed E-state index contributed by atoms with van der Waals surface area (Å²) in [6.45, 7) is 7.78. The number of nitrogens with one attached hydrogen (secondary N) is 1. The molecular formula is C14H28N4O3S. The zero-order valence-electron chi connectivity index (χ0n) is 14.0. The van der Waals surface area contributed by atoms with Crippen LogP contribution in [-0.2, 0) is 14.6 Å². The molecule has 0 saturated carbocycles. The van der Waals surface area contributed by atoms with Gasteiger partial charge in [-0.25, -0.2) is 8.42 Å². The maximum Gasteiger partial charge on any atom is 0.193 e. The van der Waals surface area contributed by atoms with Gasteiger partial charge in [-0.3, -0.25) is 4.99 Å². The van der Waals surface area contributed by atoms with Crippen molar-refractivity contribution in [1.29, 1.82) is 0 Å². The Hall–Kier alpha value is -0.860. The molecule has 128 valence electrons. The zero-order valence-corrected chi connectivity index (χ0v) is 14.8. The van der Waals surface area contributed by atoms with Crippen LogP contribution in [-0.4, -0.2) is 94.2 Å². The van der Waals surface area contributed by atoms with Crippen LogP contribution < -0.4 is 5.32 Å². The summed E-state index contributed by atoms with van der Waals surface area (Å²) < 4.78 is 29.2. The van der Waals surface area contributed by atoms with Gasteiger partial charge in [0.05, 0.1) is 23.2 Å². The third kappa shape index (κ3) is 3.91. The van der Waals surface area contributed by atoms with Crippen LogP contribution in [0.4, 0.5) is 0 Å². The van der Waals surface area contributed by atoms with Crippen LogP contribution >= 0.6 is 0 Å². The molecule has 0 amide bonds. The first-order chi connectivity index (χ1) is 10.2. The van der Waals surface area contributed by atoms with Crippen LogP contribution in [0.25, 0.3) is 0 Å². The van der Waals surface area contributed by atoms with Gasteiger partial charge >= 0.3 is 0 Å². The van der Waals surface area contributed by atoms with Crippen LogP contribution in [0, 0.1) is 0 Å². The van der Waals surface area contributed by atoms with E-state index < -0.39 is 14.6 Å². The van der Waals surface area contributed by atoms with Gasteiger partial charge < -0.3 is 19.9 Å². The van der Waals surface area contributed by atoms with E-state index in [4.69, 9.17) is 4.74 Å². The molecule has 8 heteroatoms. The summed E-state index contributed by atoms with van der Waals surface area (Å²) in [6, 6.07) is 0. The van der Waals surface area contributed by atoms with Crippen molar-refractivity contribution >= 4 is 15.8 Å². The molecule has 0 bridgehead atoms. The van der Waals surface area contributed by atoms with E-state index in [2.05, 4.69) is 22.3 Å². The molecule has 0 radical (unpaired) electrons. The number of hydrogen-bond acceptors (Lipinski definition) is 5. The van der Waals surface area contributed by atoms with Crippen molar-refractivity contribution in [2.24, 2.45) is 4.99 Å². The molecule has 2 heterocycles. The number of guanidine groups is 1. The first kappa shape index (κ1) is 17.5. The summed E-state index contributed by atoms with van der Waals surface area (Å²) in [5.74, 6) is 0.920. The van der Waals surface area contributed by atoms with Gasteiger partial charge in [-0.1, -0.05) is 0 Å². The third-order valence-electron chi connectivity index (χ3n) is 4.38. The van der Waals surface area contributed by atoms with Gasteiger partial charge in [0.2, 0.25) is 0 Å². The maximum absolute atomic E-state index is 12.1. The number of likely N-dealkylation sites (N-methyl/N-ethyl adjacent to an activating group) is 1. The van der Waals surface area contributed by atoms with Crippen molar-refractivity contribution in [3.63, 3.8) is 0 Å². The predicted octanol–water partition coefficient (Wildman–Crippen LogP) is -0.599. The Morgan fingerprint density at radius 1 is 1.41 bits per heavy atom. The van der Waals surface area contributed by atoms with E-state index in [1.54, 1.807) is 20.9 Å². The molecule has 2 rings (SSSR count). The highest BCUT2D eigenvalue weighted by atomic mass is 32.2. The molecule has 22 heavy (non-hydrogen) atoms. The lowest BCUT2D eigenvalue weighted by Gasteiger charge is -2.39. The molecule has 0 aromatic carbocycles. The molecule has 1 N–H and O–H groups in total. The van der Waals surface area contributed by atoms with Gasteiger partial charge in [0.1, 0.15) is 0 Å². The highest BCUT2D eigenvalue weighted by Crippen LogP contribution is 2.23. The summed E-state index contributed by atoms with van der Waals surface area (Å²) in [7, 11) is 0.780. The summed E-state index contributed by atoms with van der Waals surface area (Å²) in [5, 5.41) is 3.32. The van der Waals surface area contributed by atoms with E-state index in [1.807, 2.05) is 4.90 Å². The number of morpholine rings is 1. The van der Waals surface area contributed by atoms with Crippen molar-refractivity contribution in [3.8, 4) is 0 Å². The Kier molecular flexibility index (Phi) is 5.34. The van der Waals surface area contributed by atoms with Crippen molar-refractivity contribution < 1.29 is 13.2 Å². The fourth-order valence-electron chi connectivity index (χ4n) is 2.85. The Morgan fingerprint density at radius 2 is 2.14 bits per heavy atom. The largest absolute Gasteiger partial charge is 0.374 e. The molecule has 2 fully saturated rings. The normalized spacial score (nSPS) is 29.4. The molecule has 7 nitrogen and oxygen atoms in total. The summed E-state index contributed by atoms with van der Waals surface area (Å²) >= 11 is 0. The molecule has 0 aromatic rings. The van der Waals surface area contributed by atoms with Crippen molar-refractivity contribution in [2.75, 3.05) is 59.2 Å². The van der Waals surface area contributed by atoms with Gasteiger partial charge in [0.15, 0.2) is 15.8 Å². The number of hydrogen-bond donors (Lipinski definition) is 1. The van der Waals surface area contributed by atoms with E-state index in [1.165, 1.54) is 0 Å². The zero-order chi connectivity index (χ0) is 16.4. The number of sulfone groups is 1. The van der Waals surface area contributed by atoms with E-state index in [0.29, 0.717) is 19.6 Å². The quantitative estimate of drug-likeness (QED) is 0.538. The number of rotatable bonds is 2. The molecule has 2 aliphatic heterocycles. The molecule has 2 saturated heterocycles. The van der Waals surface area contributed by atoms with Crippen LogP contribution in [0.1, 0.15) is 13.8 Å². The fourth-order valence-corrected chi connectivity index (χ4v) is 4.22. The highest BCUT2D eigenvalue weighted by molar-refractivity contribution is 7.92. The molecule has 2 aliphatic rings. The lowest BCUT2D eigenvalue weighted by atomic mass is 10.2. The molecule has 1 atom stereocenters. The summed E-state index contributed by atoms with van der Waals surface area (Å²) in [5.41, 5.74) is 0. The second-order valence-corrected chi connectivity index (χ2v) is 9.43. The van der Waals surface area contributed by atoms with Crippen LogP contribution in [0.3, 0.4) is 0 Å². The third-order valence-corrected chi connectivity index (χ3v) is 6.92. The number of aliphatic imine (C=N–C) groups is 1. The summed E-state index contributed by atoms with van der Waals surface area (Å²) in [4.78, 5) is 8.56. The van der Waals surface area contributed by atoms with Crippen LogP contribution in [0.2, 0.25) is 0 Å². The first-order valence-electron chi connectivity index (χ1n) is 7.73. The van der Waals surface area contributed by atoms with Crippen molar-refractivity contribution in [2.45, 2.75) is 24.7 Å². The van der Waals surface area contributed by atoms with E-state index in [-0.39, 0.29) is 11.9 Å². The number of nitrogens with zero attached hydrogens (tertiary/aromatic N) is 3. The van der Waals surface area contributed by atoms with Gasteiger partial charge in [-0.05, 0) is 20.9 Å². The lowest BCUT2D eigenvalue weighted by molar-refractivity contribution is -0.0163. The predicted molar refractivity (Wildman–Crippen MR) is 88.0 cm³/mol. The minimum atomic E-state index is -3.03. The van der Waals surface area contributed by atoms with Crippen molar-refractivity contribution in [1.82, 2.24) is 15.1 Å².